The Morgan fingerprint density at radius 2 is 1.78 bits per heavy atom. The van der Waals surface area contributed by atoms with Crippen molar-refractivity contribution >= 4 is 0 Å². The van der Waals surface area contributed by atoms with Crippen LogP contribution in [0.2, 0.25) is 0 Å². The van der Waals surface area contributed by atoms with E-state index in [4.69, 9.17) is 4.74 Å². The fraction of sp³-hybridized carbons (Fsp3) is 1.00. The molecule has 0 heterocycles. The first-order chi connectivity index (χ1) is 8.76. The summed E-state index contributed by atoms with van der Waals surface area (Å²) in [5.41, 5.74) is 0. The lowest BCUT2D eigenvalue weighted by atomic mass is 9.76. The van der Waals surface area contributed by atoms with Crippen LogP contribution in [0.1, 0.15) is 65.7 Å². The molecule has 0 amide bonds. The molecule has 1 fully saturated rings. The van der Waals surface area contributed by atoms with E-state index in [0.717, 1.165) is 24.8 Å². The first-order valence-electron chi connectivity index (χ1n) is 8.02. The third-order valence-corrected chi connectivity index (χ3v) is 4.71. The average molecular weight is 255 g/mol. The van der Waals surface area contributed by atoms with Crippen molar-refractivity contribution in [1.29, 1.82) is 0 Å². The van der Waals surface area contributed by atoms with Crippen molar-refractivity contribution in [3.63, 3.8) is 0 Å². The van der Waals surface area contributed by atoms with E-state index in [1.54, 1.807) is 0 Å². The highest BCUT2D eigenvalue weighted by Crippen LogP contribution is 2.34. The van der Waals surface area contributed by atoms with Gasteiger partial charge in [0.25, 0.3) is 0 Å². The standard InChI is InChI=1S/C16H33NO/c1-5-12-17-16(15(7-3)18-4)14-10-8-13(6-2)9-11-14/h13-17H,5-12H2,1-4H3. The highest BCUT2D eigenvalue weighted by atomic mass is 16.5. The second-order valence-corrected chi connectivity index (χ2v) is 5.85. The molecular weight excluding hydrogens is 222 g/mol. The summed E-state index contributed by atoms with van der Waals surface area (Å²) in [7, 11) is 1.87. The molecule has 1 saturated carbocycles. The van der Waals surface area contributed by atoms with Crippen LogP contribution in [0, 0.1) is 11.8 Å². The Morgan fingerprint density at radius 3 is 2.22 bits per heavy atom. The van der Waals surface area contributed by atoms with Gasteiger partial charge in [0.1, 0.15) is 0 Å². The zero-order valence-electron chi connectivity index (χ0n) is 12.9. The highest BCUT2D eigenvalue weighted by Gasteiger charge is 2.31. The van der Waals surface area contributed by atoms with E-state index in [1.165, 1.54) is 38.5 Å². The van der Waals surface area contributed by atoms with E-state index >= 15 is 0 Å². The summed E-state index contributed by atoms with van der Waals surface area (Å²) in [6, 6.07) is 0.567. The van der Waals surface area contributed by atoms with E-state index in [-0.39, 0.29) is 0 Å². The minimum Gasteiger partial charge on any atom is -0.380 e. The Kier molecular flexibility index (Phi) is 7.92. The van der Waals surface area contributed by atoms with Gasteiger partial charge in [0, 0.05) is 13.2 Å². The second kappa shape index (κ2) is 8.92. The van der Waals surface area contributed by atoms with Gasteiger partial charge in [-0.2, -0.15) is 0 Å². The topological polar surface area (TPSA) is 21.3 Å². The first kappa shape index (κ1) is 16.0. The first-order valence-corrected chi connectivity index (χ1v) is 8.02. The lowest BCUT2D eigenvalue weighted by Gasteiger charge is -2.37. The van der Waals surface area contributed by atoms with Crippen LogP contribution in [0.15, 0.2) is 0 Å². The molecule has 0 aliphatic heterocycles. The minimum atomic E-state index is 0.389. The van der Waals surface area contributed by atoms with Gasteiger partial charge in [0.05, 0.1) is 6.10 Å². The average Bonchev–Trinajstić information content (AvgIpc) is 2.43. The van der Waals surface area contributed by atoms with Crippen LogP contribution in [-0.2, 0) is 4.74 Å². The monoisotopic (exact) mass is 255 g/mol. The number of rotatable bonds is 8. The molecule has 2 nitrogen and oxygen atoms in total. The molecule has 1 aliphatic carbocycles. The van der Waals surface area contributed by atoms with Crippen LogP contribution < -0.4 is 5.32 Å². The van der Waals surface area contributed by atoms with Crippen molar-refractivity contribution in [2.45, 2.75) is 77.9 Å². The molecule has 0 aromatic heterocycles. The van der Waals surface area contributed by atoms with Crippen LogP contribution in [0.4, 0.5) is 0 Å². The summed E-state index contributed by atoms with van der Waals surface area (Å²) in [6.07, 6.45) is 9.70. The minimum absolute atomic E-state index is 0.389. The predicted molar refractivity (Wildman–Crippen MR) is 78.9 cm³/mol. The van der Waals surface area contributed by atoms with Crippen LogP contribution in [-0.4, -0.2) is 25.8 Å². The number of methoxy groups -OCH3 is 1. The van der Waals surface area contributed by atoms with Crippen LogP contribution >= 0.6 is 0 Å². The normalized spacial score (nSPS) is 28.0. The number of hydrogen-bond acceptors (Lipinski definition) is 2. The molecule has 0 radical (unpaired) electrons. The number of hydrogen-bond donors (Lipinski definition) is 1. The summed E-state index contributed by atoms with van der Waals surface area (Å²) in [5.74, 6) is 1.81. The third kappa shape index (κ3) is 4.55. The highest BCUT2D eigenvalue weighted by molar-refractivity contribution is 4.86. The number of nitrogens with one attached hydrogen (secondary N) is 1. The zero-order valence-corrected chi connectivity index (χ0v) is 12.9. The molecule has 1 aliphatic rings. The van der Waals surface area contributed by atoms with Crippen LogP contribution in [0.25, 0.3) is 0 Å². The van der Waals surface area contributed by atoms with Gasteiger partial charge in [-0.05, 0) is 44.1 Å². The van der Waals surface area contributed by atoms with Crippen molar-refractivity contribution in [2.75, 3.05) is 13.7 Å². The smallest absolute Gasteiger partial charge is 0.0724 e. The molecule has 0 aromatic rings. The number of ether oxygens (including phenoxy) is 1. The summed E-state index contributed by atoms with van der Waals surface area (Å²) < 4.78 is 5.70. The Morgan fingerprint density at radius 1 is 1.11 bits per heavy atom. The van der Waals surface area contributed by atoms with E-state index < -0.39 is 0 Å². The maximum Gasteiger partial charge on any atom is 0.0724 e. The zero-order chi connectivity index (χ0) is 13.4. The summed E-state index contributed by atoms with van der Waals surface area (Å²) >= 11 is 0. The fourth-order valence-electron chi connectivity index (χ4n) is 3.44. The van der Waals surface area contributed by atoms with Gasteiger partial charge >= 0.3 is 0 Å². The lowest BCUT2D eigenvalue weighted by molar-refractivity contribution is 0.0330. The molecule has 2 heteroatoms. The molecule has 2 atom stereocenters. The SMILES string of the molecule is CCCNC(C1CCC(CC)CC1)C(CC)OC. The van der Waals surface area contributed by atoms with Gasteiger partial charge in [-0.3, -0.25) is 0 Å². The fourth-order valence-corrected chi connectivity index (χ4v) is 3.44. The second-order valence-electron chi connectivity index (χ2n) is 5.85. The molecular formula is C16H33NO. The van der Waals surface area contributed by atoms with Crippen molar-refractivity contribution in [3.8, 4) is 0 Å². The summed E-state index contributed by atoms with van der Waals surface area (Å²) in [5, 5.41) is 3.75. The molecule has 1 rings (SSSR count). The molecule has 0 bridgehead atoms. The molecule has 2 unspecified atom stereocenters. The van der Waals surface area contributed by atoms with Gasteiger partial charge in [-0.25, -0.2) is 0 Å². The molecule has 108 valence electrons. The van der Waals surface area contributed by atoms with Crippen molar-refractivity contribution in [1.82, 2.24) is 5.32 Å². The maximum atomic E-state index is 5.70. The third-order valence-electron chi connectivity index (χ3n) is 4.71. The molecule has 1 N–H and O–H groups in total. The van der Waals surface area contributed by atoms with Crippen LogP contribution in [0.5, 0.6) is 0 Å². The Hall–Kier alpha value is -0.0800. The van der Waals surface area contributed by atoms with Crippen LogP contribution in [0.3, 0.4) is 0 Å². The van der Waals surface area contributed by atoms with Gasteiger partial charge in [0.15, 0.2) is 0 Å². The van der Waals surface area contributed by atoms with E-state index in [0.29, 0.717) is 12.1 Å². The van der Waals surface area contributed by atoms with Crippen molar-refractivity contribution in [2.24, 2.45) is 11.8 Å². The van der Waals surface area contributed by atoms with Gasteiger partial charge in [-0.1, -0.05) is 40.0 Å². The Bertz CT molecular complexity index is 195. The van der Waals surface area contributed by atoms with E-state index in [9.17, 15) is 0 Å². The predicted octanol–water partition coefficient (Wildman–Crippen LogP) is 4.00. The van der Waals surface area contributed by atoms with Gasteiger partial charge in [-0.15, -0.1) is 0 Å². The summed E-state index contributed by atoms with van der Waals surface area (Å²) in [4.78, 5) is 0. The quantitative estimate of drug-likeness (QED) is 0.708. The van der Waals surface area contributed by atoms with E-state index in [1.807, 2.05) is 7.11 Å². The lowest BCUT2D eigenvalue weighted by Crippen LogP contribution is -2.47. The molecule has 0 aromatic carbocycles. The van der Waals surface area contributed by atoms with E-state index in [2.05, 4.69) is 26.1 Å². The largest absolute Gasteiger partial charge is 0.380 e. The van der Waals surface area contributed by atoms with Gasteiger partial charge in [0.2, 0.25) is 0 Å². The van der Waals surface area contributed by atoms with Crippen molar-refractivity contribution in [3.05, 3.63) is 0 Å². The summed E-state index contributed by atoms with van der Waals surface area (Å²) in [6.45, 7) is 7.94. The Labute approximate surface area is 114 Å². The molecule has 18 heavy (non-hydrogen) atoms. The maximum absolute atomic E-state index is 5.70. The molecule has 0 saturated heterocycles. The Balaban J connectivity index is 2.53. The molecule has 0 spiro atoms. The van der Waals surface area contributed by atoms with Gasteiger partial charge < -0.3 is 10.1 Å². The van der Waals surface area contributed by atoms with Crippen molar-refractivity contribution < 1.29 is 4.74 Å².